The molecule has 4 aliphatic heterocycles. The van der Waals surface area contributed by atoms with Gasteiger partial charge in [-0.25, -0.2) is 0 Å². The number of hydrogen-bond donors (Lipinski definition) is 0. The van der Waals surface area contributed by atoms with Crippen molar-refractivity contribution in [3.05, 3.63) is 212 Å². The topological polar surface area (TPSA) is 179 Å². The Kier molecular flexibility index (Phi) is 18.9. The van der Waals surface area contributed by atoms with Gasteiger partial charge < -0.3 is 56.8 Å². The molecule has 8 aromatic rings. The van der Waals surface area contributed by atoms with Gasteiger partial charge in [-0.2, -0.15) is 0 Å². The lowest BCUT2D eigenvalue weighted by Gasteiger charge is -2.37. The van der Waals surface area contributed by atoms with E-state index in [4.69, 9.17) is 103 Å². The van der Waals surface area contributed by atoms with E-state index in [1.807, 2.05) is 72.8 Å². The number of ether oxygens (including phenoxy) is 12. The molecule has 8 bridgehead atoms. The minimum Gasteiger partial charge on any atom is -0.477 e. The minimum absolute atomic E-state index is 0.0571. The van der Waals surface area contributed by atoms with Gasteiger partial charge in [0.1, 0.15) is 0 Å². The number of benzene rings is 8. The third kappa shape index (κ3) is 13.2. The Labute approximate surface area is 550 Å². The Balaban J connectivity index is 1.21. The molecule has 0 fully saturated rings. The molecule has 4 heterocycles. The average molecular weight is 1320 g/mol. The summed E-state index contributed by atoms with van der Waals surface area (Å²) in [5.74, 6) is -1.08. The molecule has 0 radical (unpaired) electrons. The molecule has 8 aromatic carbocycles. The molecule has 92 heavy (non-hydrogen) atoms. The first-order chi connectivity index (χ1) is 44.9. The Morgan fingerprint density at radius 3 is 0.630 bits per heavy atom. The van der Waals surface area contributed by atoms with Crippen LogP contribution in [0.15, 0.2) is 146 Å². The van der Waals surface area contributed by atoms with E-state index in [0.29, 0.717) is 95.9 Å². The van der Waals surface area contributed by atoms with Crippen molar-refractivity contribution in [2.24, 2.45) is 0 Å². The highest BCUT2D eigenvalue weighted by molar-refractivity contribution is 6.64. The minimum atomic E-state index is -0.795. The van der Waals surface area contributed by atoms with E-state index in [1.54, 1.807) is 0 Å². The van der Waals surface area contributed by atoms with Crippen molar-refractivity contribution in [2.45, 2.75) is 75.0 Å². The van der Waals surface area contributed by atoms with Gasteiger partial charge in [0.05, 0.1) is 0 Å². The summed E-state index contributed by atoms with van der Waals surface area (Å²) in [5.41, 5.74) is 8.88. The summed E-state index contributed by atoms with van der Waals surface area (Å²) in [7, 11) is 0. The lowest BCUT2D eigenvalue weighted by molar-refractivity contribution is -0.114. The van der Waals surface area contributed by atoms with Gasteiger partial charge in [-0.3, -0.25) is 19.2 Å². The SMILES string of the molecule is O=C(Cl)COc1c2c3cc4c1OCOc1c(cc5c(c1OCC(=O)Cl)OCOc1c(cc6c(c1OCC(=O)Cl)OCOc1c(cc(c(c1OCC(=O)Cl)OCO2)C3CCc1ccccc1)C6CCc1ccccc1)C5CCc1ccccc1)C4CCc1ccccc1. The number of carbonyl (C=O) groups excluding carboxylic acids is 4. The molecule has 472 valence electrons. The van der Waals surface area contributed by atoms with Crippen LogP contribution in [0, 0.1) is 0 Å². The molecule has 0 aromatic heterocycles. The van der Waals surface area contributed by atoms with Crippen LogP contribution in [0.4, 0.5) is 0 Å². The van der Waals surface area contributed by atoms with Crippen LogP contribution in [0.3, 0.4) is 0 Å². The lowest BCUT2D eigenvalue weighted by atomic mass is 9.75. The fourth-order valence-electron chi connectivity index (χ4n) is 13.3. The quantitative estimate of drug-likeness (QED) is 0.0521. The second-order valence-electron chi connectivity index (χ2n) is 22.7. The van der Waals surface area contributed by atoms with Crippen LogP contribution in [0.25, 0.3) is 0 Å². The zero-order valence-corrected chi connectivity index (χ0v) is 52.5. The molecule has 0 spiro atoms. The van der Waals surface area contributed by atoms with Crippen LogP contribution in [0.5, 0.6) is 69.0 Å². The van der Waals surface area contributed by atoms with Gasteiger partial charge in [-0.1, -0.05) is 121 Å². The second-order valence-corrected chi connectivity index (χ2v) is 24.4. The molecule has 0 N–H and O–H groups in total. The highest BCUT2D eigenvalue weighted by Gasteiger charge is 2.43. The first kappa shape index (κ1) is 62.0. The first-order valence-corrected chi connectivity index (χ1v) is 31.7. The number of carbonyl (C=O) groups is 4. The maximum Gasteiger partial charge on any atom is 0.259 e. The summed E-state index contributed by atoms with van der Waals surface area (Å²) in [5, 5.41) is -3.18. The largest absolute Gasteiger partial charge is 0.477 e. The molecule has 0 unspecified atom stereocenters. The van der Waals surface area contributed by atoms with E-state index in [2.05, 4.69) is 72.8 Å². The maximum absolute atomic E-state index is 13.1. The number of rotatable bonds is 24. The summed E-state index contributed by atoms with van der Waals surface area (Å²) in [4.78, 5) is 52.3. The standard InChI is InChI=1S/C72H60Cl4O16/c73-57(77)33-81-69-61-49-29-51-46(26-22-42-15-7-2-8-16-42)53-31-55-48(28-24-44-19-11-4-12-20-44)56-32-54-47(27-23-43-17-9-3-10-18-43)52-30-50(45(49)25-21-41-13-5-1-6-14-41)62(86-37-85-61)70(82-34-58(74)78)64(52)88-39-90-66(54)72(84-36-60(76)80)68(56)92-40-91-67(55)71(83-35-59(75)79)65(53)89-38-87-63(51)69/h1-20,29-32,45-48H,21-28,33-40H2. The fourth-order valence-corrected chi connectivity index (χ4v) is 13.5. The molecule has 0 atom stereocenters. The van der Waals surface area contributed by atoms with Crippen LogP contribution in [-0.2, 0) is 44.9 Å². The number of aryl methyl sites for hydroxylation is 4. The molecule has 1 aliphatic carbocycles. The van der Waals surface area contributed by atoms with Crippen LogP contribution in [0.2, 0.25) is 0 Å². The highest BCUT2D eigenvalue weighted by Crippen LogP contribution is 2.62. The van der Waals surface area contributed by atoms with Crippen molar-refractivity contribution >= 4 is 67.4 Å². The van der Waals surface area contributed by atoms with Crippen molar-refractivity contribution in [3.8, 4) is 69.0 Å². The summed E-state index contributed by atoms with van der Waals surface area (Å²) >= 11 is 24.9. The van der Waals surface area contributed by atoms with Gasteiger partial charge in [0, 0.05) is 68.2 Å². The molecular formula is C72H60Cl4O16. The zero-order valence-electron chi connectivity index (χ0n) is 49.5. The number of halogens is 4. The molecule has 0 amide bonds. The van der Waals surface area contributed by atoms with Crippen molar-refractivity contribution in [2.75, 3.05) is 53.6 Å². The van der Waals surface area contributed by atoms with E-state index in [9.17, 15) is 19.2 Å². The molecular weight excluding hydrogens is 1260 g/mol. The lowest BCUT2D eigenvalue weighted by Crippen LogP contribution is -2.25. The van der Waals surface area contributed by atoms with E-state index in [1.165, 1.54) is 0 Å². The predicted octanol–water partition coefficient (Wildman–Crippen LogP) is 14.6. The molecule has 16 nitrogen and oxygen atoms in total. The van der Waals surface area contributed by atoms with Crippen molar-refractivity contribution in [3.63, 3.8) is 0 Å². The van der Waals surface area contributed by atoms with E-state index >= 15 is 0 Å². The van der Waals surface area contributed by atoms with Crippen LogP contribution in [-0.4, -0.2) is 74.6 Å². The molecule has 0 saturated heterocycles. The van der Waals surface area contributed by atoms with Gasteiger partial charge in [0.2, 0.25) is 50.2 Å². The van der Waals surface area contributed by atoms with Gasteiger partial charge in [0.25, 0.3) is 21.0 Å². The highest BCUT2D eigenvalue weighted by atomic mass is 35.5. The van der Waals surface area contributed by atoms with E-state index in [0.717, 1.165) is 22.3 Å². The van der Waals surface area contributed by atoms with Crippen LogP contribution >= 0.6 is 46.4 Å². The monoisotopic (exact) mass is 1320 g/mol. The molecule has 13 rings (SSSR count). The summed E-state index contributed by atoms with van der Waals surface area (Å²) in [6.07, 6.45) is 3.54. The van der Waals surface area contributed by atoms with Gasteiger partial charge in [-0.15, -0.1) is 0 Å². The average Bonchev–Trinajstić information content (AvgIpc) is 0.736. The smallest absolute Gasteiger partial charge is 0.259 e. The third-order valence-corrected chi connectivity index (χ3v) is 17.6. The van der Waals surface area contributed by atoms with Gasteiger partial charge in [-0.05, 0) is 144 Å². The van der Waals surface area contributed by atoms with E-state index in [-0.39, 0.29) is 69.0 Å². The zero-order chi connectivity index (χ0) is 63.2. The van der Waals surface area contributed by atoms with Crippen LogP contribution in [0.1, 0.15) is 116 Å². The van der Waals surface area contributed by atoms with Crippen molar-refractivity contribution < 1.29 is 76.0 Å². The Morgan fingerprint density at radius 2 is 0.467 bits per heavy atom. The number of hydrogen-bond acceptors (Lipinski definition) is 16. The summed E-state index contributed by atoms with van der Waals surface area (Å²) in [6, 6.07) is 48.3. The second kappa shape index (κ2) is 28.0. The normalized spacial score (nSPS) is 16.8. The fraction of sp³-hybridized carbons (Fsp3) is 0.278. The molecule has 20 heteroatoms. The summed E-state index contributed by atoms with van der Waals surface area (Å²) < 4.78 is 81.1. The van der Waals surface area contributed by atoms with Gasteiger partial charge in [0.15, 0.2) is 72.4 Å². The molecule has 5 aliphatic rings. The first-order valence-electron chi connectivity index (χ1n) is 30.2. The van der Waals surface area contributed by atoms with Crippen LogP contribution < -0.4 is 56.8 Å². The van der Waals surface area contributed by atoms with E-state index < -0.39 is 98.2 Å². The molecule has 0 saturated carbocycles. The third-order valence-electron chi connectivity index (χ3n) is 17.2. The Morgan fingerprint density at radius 1 is 0.293 bits per heavy atom. The summed E-state index contributed by atoms with van der Waals surface area (Å²) in [6.45, 7) is -4.28. The Hall–Kier alpha value is -8.80. The predicted molar refractivity (Wildman–Crippen MR) is 342 cm³/mol. The Bertz CT molecular complexity index is 3430. The van der Waals surface area contributed by atoms with Crippen molar-refractivity contribution in [1.29, 1.82) is 0 Å². The maximum atomic E-state index is 13.1. The van der Waals surface area contributed by atoms with Crippen molar-refractivity contribution in [1.82, 2.24) is 0 Å². The van der Waals surface area contributed by atoms with Gasteiger partial charge >= 0.3 is 0 Å².